The Kier molecular flexibility index (Phi) is 4.40. The Labute approximate surface area is 123 Å². The first-order valence-electron chi connectivity index (χ1n) is 6.05. The van der Waals surface area contributed by atoms with E-state index in [0.29, 0.717) is 10.0 Å². The van der Waals surface area contributed by atoms with Crippen LogP contribution >= 0.6 is 23.8 Å². The van der Waals surface area contributed by atoms with E-state index in [-0.39, 0.29) is 0 Å². The highest BCUT2D eigenvalue weighted by Gasteiger charge is 2.06. The molecule has 0 amide bonds. The molecule has 3 N–H and O–H groups in total. The van der Waals surface area contributed by atoms with E-state index in [4.69, 9.17) is 29.6 Å². The van der Waals surface area contributed by atoms with Crippen molar-refractivity contribution in [3.8, 4) is 0 Å². The Balaban J connectivity index is 2.29. The Bertz CT molecular complexity index is 594. The molecule has 0 unspecified atom stereocenters. The molecule has 0 aromatic heterocycles. The van der Waals surface area contributed by atoms with Crippen molar-refractivity contribution in [2.45, 2.75) is 13.3 Å². The molecule has 2 aromatic carbocycles. The molecule has 0 radical (unpaired) electrons. The highest BCUT2D eigenvalue weighted by molar-refractivity contribution is 7.80. The van der Waals surface area contributed by atoms with E-state index in [2.05, 4.69) is 24.4 Å². The molecule has 2 nitrogen and oxygen atoms in total. The van der Waals surface area contributed by atoms with Gasteiger partial charge in [0.25, 0.3) is 0 Å². The first kappa shape index (κ1) is 13.8. The zero-order valence-electron chi connectivity index (χ0n) is 10.6. The molecule has 0 saturated heterocycles. The van der Waals surface area contributed by atoms with Crippen LogP contribution in [0.25, 0.3) is 0 Å². The molecule has 0 atom stereocenters. The van der Waals surface area contributed by atoms with Crippen LogP contribution in [-0.4, -0.2) is 4.99 Å². The molecular formula is C15H15ClN2S. The first-order valence-corrected chi connectivity index (χ1v) is 6.84. The Morgan fingerprint density at radius 2 is 1.89 bits per heavy atom. The molecule has 0 heterocycles. The van der Waals surface area contributed by atoms with Crippen LogP contribution in [0.4, 0.5) is 11.4 Å². The number of halogens is 1. The lowest BCUT2D eigenvalue weighted by molar-refractivity contribution is 1.14. The van der Waals surface area contributed by atoms with Crippen molar-refractivity contribution in [1.82, 2.24) is 0 Å². The van der Waals surface area contributed by atoms with E-state index >= 15 is 0 Å². The maximum absolute atomic E-state index is 5.96. The van der Waals surface area contributed by atoms with E-state index in [1.807, 2.05) is 24.3 Å². The summed E-state index contributed by atoms with van der Waals surface area (Å²) in [5.74, 6) is 0. The van der Waals surface area contributed by atoms with Crippen LogP contribution in [0.15, 0.2) is 42.5 Å². The van der Waals surface area contributed by atoms with Crippen molar-refractivity contribution in [1.29, 1.82) is 0 Å². The van der Waals surface area contributed by atoms with Crippen molar-refractivity contribution in [2.24, 2.45) is 5.73 Å². The molecule has 2 aromatic rings. The summed E-state index contributed by atoms with van der Waals surface area (Å²) in [6.45, 7) is 2.13. The third kappa shape index (κ3) is 3.46. The Morgan fingerprint density at radius 1 is 1.21 bits per heavy atom. The maximum atomic E-state index is 5.96. The van der Waals surface area contributed by atoms with Gasteiger partial charge in [0, 0.05) is 22.0 Å². The number of nitrogens with one attached hydrogen (secondary N) is 1. The Hall–Kier alpha value is -1.58. The predicted molar refractivity (Wildman–Crippen MR) is 86.4 cm³/mol. The zero-order chi connectivity index (χ0) is 13.8. The van der Waals surface area contributed by atoms with Crippen LogP contribution in [0.1, 0.15) is 18.1 Å². The predicted octanol–water partition coefficient (Wildman–Crippen LogP) is 4.28. The van der Waals surface area contributed by atoms with Gasteiger partial charge in [-0.25, -0.2) is 0 Å². The lowest BCUT2D eigenvalue weighted by atomic mass is 10.1. The third-order valence-electron chi connectivity index (χ3n) is 2.89. The number of nitrogens with two attached hydrogens (primary N) is 1. The number of hydrogen-bond acceptors (Lipinski definition) is 2. The molecule has 0 aliphatic rings. The topological polar surface area (TPSA) is 38.0 Å². The summed E-state index contributed by atoms with van der Waals surface area (Å²) in [5, 5.41) is 3.93. The SMILES string of the molecule is CCc1ccc(Nc2ccc(Cl)cc2C(N)=S)cc1. The van der Waals surface area contributed by atoms with E-state index < -0.39 is 0 Å². The van der Waals surface area contributed by atoms with Crippen LogP contribution in [0.3, 0.4) is 0 Å². The summed E-state index contributed by atoms with van der Waals surface area (Å²) in [4.78, 5) is 0.329. The van der Waals surface area contributed by atoms with Gasteiger partial charge in [-0.05, 0) is 42.3 Å². The minimum Gasteiger partial charge on any atom is -0.389 e. The standard InChI is InChI=1S/C15H15ClN2S/c1-2-10-3-6-12(7-4-10)18-14-8-5-11(16)9-13(14)15(17)19/h3-9,18H,2H2,1H3,(H2,17,19). The van der Waals surface area contributed by atoms with Gasteiger partial charge in [-0.2, -0.15) is 0 Å². The molecule has 0 aliphatic heterocycles. The highest BCUT2D eigenvalue weighted by atomic mass is 35.5. The van der Waals surface area contributed by atoms with E-state index in [9.17, 15) is 0 Å². The van der Waals surface area contributed by atoms with Crippen molar-refractivity contribution >= 4 is 40.2 Å². The number of anilines is 2. The fourth-order valence-corrected chi connectivity index (χ4v) is 2.15. The fraction of sp³-hybridized carbons (Fsp3) is 0.133. The summed E-state index contributed by atoms with van der Waals surface area (Å²) in [6, 6.07) is 13.7. The summed E-state index contributed by atoms with van der Waals surface area (Å²) in [6.07, 6.45) is 1.03. The van der Waals surface area contributed by atoms with Crippen LogP contribution in [-0.2, 0) is 6.42 Å². The summed E-state index contributed by atoms with van der Waals surface area (Å²) in [5.41, 5.74) is 9.63. The van der Waals surface area contributed by atoms with Crippen molar-refractivity contribution in [2.75, 3.05) is 5.32 Å². The number of thiocarbonyl (C=S) groups is 1. The minimum atomic E-state index is 0.329. The lowest BCUT2D eigenvalue weighted by Gasteiger charge is -2.12. The second kappa shape index (κ2) is 6.04. The Morgan fingerprint density at radius 3 is 2.47 bits per heavy atom. The highest BCUT2D eigenvalue weighted by Crippen LogP contribution is 2.24. The minimum absolute atomic E-state index is 0.329. The van der Waals surface area contributed by atoms with E-state index in [0.717, 1.165) is 23.4 Å². The van der Waals surface area contributed by atoms with Gasteiger partial charge in [0.05, 0.1) is 0 Å². The molecule has 4 heteroatoms. The first-order chi connectivity index (χ1) is 9.10. The summed E-state index contributed by atoms with van der Waals surface area (Å²) in [7, 11) is 0. The molecular weight excluding hydrogens is 276 g/mol. The molecule has 2 rings (SSSR count). The van der Waals surface area contributed by atoms with Crippen molar-refractivity contribution in [3.63, 3.8) is 0 Å². The largest absolute Gasteiger partial charge is 0.389 e. The molecule has 0 spiro atoms. The molecule has 0 saturated carbocycles. The van der Waals surface area contributed by atoms with Gasteiger partial charge in [-0.3, -0.25) is 0 Å². The lowest BCUT2D eigenvalue weighted by Crippen LogP contribution is -2.11. The van der Waals surface area contributed by atoms with Gasteiger partial charge in [-0.15, -0.1) is 0 Å². The molecule has 0 bridgehead atoms. The van der Waals surface area contributed by atoms with Gasteiger partial charge < -0.3 is 11.1 Å². The smallest absolute Gasteiger partial charge is 0.106 e. The van der Waals surface area contributed by atoms with Gasteiger partial charge >= 0.3 is 0 Å². The third-order valence-corrected chi connectivity index (χ3v) is 3.34. The van der Waals surface area contributed by atoms with Crippen LogP contribution < -0.4 is 11.1 Å². The van der Waals surface area contributed by atoms with Gasteiger partial charge in [0.15, 0.2) is 0 Å². The molecule has 98 valence electrons. The number of benzene rings is 2. The summed E-state index contributed by atoms with van der Waals surface area (Å²) < 4.78 is 0. The van der Waals surface area contributed by atoms with Gasteiger partial charge in [0.2, 0.25) is 0 Å². The van der Waals surface area contributed by atoms with Crippen LogP contribution in [0.2, 0.25) is 5.02 Å². The second-order valence-electron chi connectivity index (χ2n) is 4.23. The van der Waals surface area contributed by atoms with Gasteiger partial charge in [-0.1, -0.05) is 42.9 Å². The zero-order valence-corrected chi connectivity index (χ0v) is 12.2. The number of hydrogen-bond donors (Lipinski definition) is 2. The number of aryl methyl sites for hydroxylation is 1. The van der Waals surface area contributed by atoms with Crippen LogP contribution in [0.5, 0.6) is 0 Å². The van der Waals surface area contributed by atoms with Gasteiger partial charge in [0.1, 0.15) is 4.99 Å². The molecule has 0 fully saturated rings. The van der Waals surface area contributed by atoms with Crippen LogP contribution in [0, 0.1) is 0 Å². The quantitative estimate of drug-likeness (QED) is 0.826. The van der Waals surface area contributed by atoms with Crippen molar-refractivity contribution < 1.29 is 0 Å². The van der Waals surface area contributed by atoms with E-state index in [1.54, 1.807) is 6.07 Å². The molecule has 0 aliphatic carbocycles. The van der Waals surface area contributed by atoms with E-state index in [1.165, 1.54) is 5.56 Å². The average Bonchev–Trinajstić information content (AvgIpc) is 2.41. The maximum Gasteiger partial charge on any atom is 0.106 e. The monoisotopic (exact) mass is 290 g/mol. The second-order valence-corrected chi connectivity index (χ2v) is 5.11. The normalized spacial score (nSPS) is 10.2. The fourth-order valence-electron chi connectivity index (χ4n) is 1.81. The van der Waals surface area contributed by atoms with Crippen molar-refractivity contribution in [3.05, 3.63) is 58.6 Å². The number of rotatable bonds is 4. The average molecular weight is 291 g/mol. The molecule has 19 heavy (non-hydrogen) atoms. The summed E-state index contributed by atoms with van der Waals surface area (Å²) >= 11 is 11.0.